The molecule has 0 atom stereocenters. The van der Waals surface area contributed by atoms with E-state index in [1.807, 2.05) is 26.0 Å². The molecule has 7 aromatic carbocycles. The largest absolute Gasteiger partial charge is 0.493 e. The Kier molecular flexibility index (Phi) is 34.8. The van der Waals surface area contributed by atoms with Crippen molar-refractivity contribution in [3.63, 3.8) is 0 Å². The van der Waals surface area contributed by atoms with Crippen LogP contribution in [0.4, 0.5) is 0 Å². The van der Waals surface area contributed by atoms with Gasteiger partial charge in [-0.1, -0.05) is 131 Å². The summed E-state index contributed by atoms with van der Waals surface area (Å²) < 4.78 is 23.4. The second kappa shape index (κ2) is 41.9. The van der Waals surface area contributed by atoms with E-state index in [0.29, 0.717) is 39.4 Å². The van der Waals surface area contributed by atoms with E-state index in [9.17, 15) is 9.59 Å². The second-order valence-electron chi connectivity index (χ2n) is 26.7. The van der Waals surface area contributed by atoms with E-state index in [1.165, 1.54) is 108 Å². The van der Waals surface area contributed by atoms with Gasteiger partial charge in [0.1, 0.15) is 46.9 Å². The Labute approximate surface area is 590 Å². The van der Waals surface area contributed by atoms with Gasteiger partial charge < -0.3 is 23.8 Å². The molecule has 0 spiro atoms. The maximum atomic E-state index is 12.7. The Morgan fingerprint density at radius 2 is 0.789 bits per heavy atom. The number of rotatable bonds is 27. The lowest BCUT2D eigenvalue weighted by Gasteiger charge is -2.59. The topological polar surface area (TPSA) is 74.3 Å². The lowest BCUT2D eigenvalue weighted by molar-refractivity contribution is -0.207. The molecule has 0 aliphatic heterocycles. The molecule has 4 bridgehead atoms. The Morgan fingerprint density at radius 1 is 0.453 bits per heavy atom. The van der Waals surface area contributed by atoms with E-state index in [1.54, 1.807) is 0 Å². The molecule has 0 amide bonds. The minimum absolute atomic E-state index is 0.119. The summed E-state index contributed by atoms with van der Waals surface area (Å²) in [6.07, 6.45) is 26.5. The summed E-state index contributed by atoms with van der Waals surface area (Å²) in [6.45, 7) is 18.5. The Balaban J connectivity index is 0.000000226. The van der Waals surface area contributed by atoms with Gasteiger partial charge in [0.15, 0.2) is 47.5 Å². The number of hydrogen-bond acceptors (Lipinski definition) is 7. The van der Waals surface area contributed by atoms with Crippen molar-refractivity contribution in [1.82, 2.24) is 4.90 Å². The Morgan fingerprint density at radius 3 is 1.11 bits per heavy atom. The van der Waals surface area contributed by atoms with Crippen molar-refractivity contribution < 1.29 is 28.5 Å². The molecule has 95 heavy (non-hydrogen) atoms. The van der Waals surface area contributed by atoms with Crippen LogP contribution in [0.25, 0.3) is 0 Å². The highest BCUT2D eigenvalue weighted by atomic mass is 32.2. The summed E-state index contributed by atoms with van der Waals surface area (Å²) in [7, 11) is 5.64. The van der Waals surface area contributed by atoms with Crippen LogP contribution in [0.15, 0.2) is 210 Å². The van der Waals surface area contributed by atoms with Gasteiger partial charge in [-0.2, -0.15) is 0 Å². The highest BCUT2D eigenvalue weighted by Gasteiger charge is 2.57. The van der Waals surface area contributed by atoms with Crippen molar-refractivity contribution >= 4 is 66.4 Å². The van der Waals surface area contributed by atoms with Crippen molar-refractivity contribution in [3.8, 4) is 11.5 Å². The molecule has 7 nitrogen and oxygen atoms in total. The Bertz CT molecular complexity index is 3120. The first kappa shape index (κ1) is 78.8. The van der Waals surface area contributed by atoms with Crippen molar-refractivity contribution in [2.24, 2.45) is 23.7 Å². The van der Waals surface area contributed by atoms with Gasteiger partial charge >= 0.3 is 11.9 Å². The number of aryl methyl sites for hydroxylation is 4. The monoisotopic (exact) mass is 1380 g/mol. The van der Waals surface area contributed by atoms with Gasteiger partial charge in [0.2, 0.25) is 0 Å². The van der Waals surface area contributed by atoms with Crippen LogP contribution >= 0.6 is 0 Å². The maximum Gasteiger partial charge on any atom is 0.344 e. The van der Waals surface area contributed by atoms with Crippen molar-refractivity contribution in [1.29, 1.82) is 0 Å². The van der Waals surface area contributed by atoms with Crippen LogP contribution in [-0.2, 0) is 73.5 Å². The molecule has 7 aromatic rings. The summed E-state index contributed by atoms with van der Waals surface area (Å²) in [6, 6.07) is 62.0. The van der Waals surface area contributed by atoms with Crippen LogP contribution in [0.3, 0.4) is 0 Å². The summed E-state index contributed by atoms with van der Waals surface area (Å²) in [4.78, 5) is 36.6. The first-order valence-electron chi connectivity index (χ1n) is 34.7. The van der Waals surface area contributed by atoms with Crippen LogP contribution in [0, 0.1) is 51.4 Å². The number of nitrogens with zero attached hydrogens (tertiary/aromatic N) is 1. The SMILES string of the molecule is CCCC[S+](CCCC)CCCC.C[S+](C)C.C[S+](C)c1ccccc1.Cc1cc([S+](c2ccccc2)c2ccccc2)cc(C)c1OCC(=O)OCC(=O)OC1(C)C2CC3CC(C2)CC1C3.Cc1cc([S+](c2ccccc2)c2ccccc2)cc(C)c1OCCCN(C)C. The zero-order valence-corrected chi connectivity index (χ0v) is 64.5. The molecule has 4 aliphatic carbocycles. The molecule has 11 rings (SSSR count). The van der Waals surface area contributed by atoms with Gasteiger partial charge in [-0.15, -0.1) is 0 Å². The fraction of sp³-hybridized carbons (Fsp3) is 0.470. The lowest BCUT2D eigenvalue weighted by Crippen LogP contribution is -2.58. The molecule has 514 valence electrons. The van der Waals surface area contributed by atoms with E-state index in [0.717, 1.165) is 84.9 Å². The van der Waals surface area contributed by atoms with Gasteiger partial charge in [-0.3, -0.25) is 0 Å². The average Bonchev–Trinajstić information content (AvgIpc) is 0.739. The number of carbonyl (C=O) groups excluding carboxylic acids is 2. The van der Waals surface area contributed by atoms with Gasteiger partial charge in [-0.25, -0.2) is 9.59 Å². The normalized spacial score (nSPS) is 17.4. The summed E-state index contributed by atoms with van der Waals surface area (Å²) >= 11 is 0. The second-order valence-corrected chi connectivity index (χ2v) is 37.8. The first-order valence-corrected chi connectivity index (χ1v) is 43.4. The third-order valence-electron chi connectivity index (χ3n) is 17.6. The third-order valence-corrected chi connectivity index (χ3v) is 25.8. The van der Waals surface area contributed by atoms with Crippen LogP contribution in [0.5, 0.6) is 11.5 Å². The predicted octanol–water partition coefficient (Wildman–Crippen LogP) is 19.2. The quantitative estimate of drug-likeness (QED) is 0.0288. The average molecular weight is 1380 g/mol. The molecule has 4 aliphatic rings. The van der Waals surface area contributed by atoms with Gasteiger partial charge in [-0.05, 0) is 235 Å². The molecule has 12 heteroatoms. The number of benzene rings is 7. The minimum atomic E-state index is -0.576. The van der Waals surface area contributed by atoms with Crippen LogP contribution in [0.2, 0.25) is 0 Å². The molecule has 0 aromatic heterocycles. The molecule has 0 heterocycles. The van der Waals surface area contributed by atoms with E-state index in [2.05, 4.69) is 256 Å². The fourth-order valence-corrected chi connectivity index (χ4v) is 21.0. The summed E-state index contributed by atoms with van der Waals surface area (Å²) in [5, 5.41) is 0. The van der Waals surface area contributed by atoms with Crippen LogP contribution < -0.4 is 9.47 Å². The molecular weight excluding hydrogens is 1270 g/mol. The molecule has 4 fully saturated rings. The van der Waals surface area contributed by atoms with Gasteiger partial charge in [0.05, 0.1) is 47.2 Å². The van der Waals surface area contributed by atoms with Gasteiger partial charge in [0.25, 0.3) is 0 Å². The minimum Gasteiger partial charge on any atom is -0.493 e. The zero-order valence-electron chi connectivity index (χ0n) is 60.4. The maximum absolute atomic E-state index is 12.7. The van der Waals surface area contributed by atoms with E-state index in [4.69, 9.17) is 18.9 Å². The lowest BCUT2D eigenvalue weighted by atomic mass is 9.50. The van der Waals surface area contributed by atoms with Gasteiger partial charge in [0, 0.05) is 41.7 Å². The van der Waals surface area contributed by atoms with Crippen LogP contribution in [-0.4, -0.2) is 111 Å². The Hall–Kier alpha value is -5.21. The molecule has 4 saturated carbocycles. The fourth-order valence-electron chi connectivity index (χ4n) is 13.0. The van der Waals surface area contributed by atoms with Crippen molar-refractivity contribution in [3.05, 3.63) is 198 Å². The zero-order chi connectivity index (χ0) is 68.7. The summed E-state index contributed by atoms with van der Waals surface area (Å²) in [5.41, 5.74) is 3.90. The van der Waals surface area contributed by atoms with Crippen LogP contribution in [0.1, 0.15) is 127 Å². The standard InChI is InChI=1S/C35H39O5S.C25H30NOS.C12H27S.C8H11S.C3H9S/c1-23-14-31(41(29-10-6-4-7-11-29)30-12-8-5-9-13-30)15-24(2)34(23)39-21-32(36)38-22-33(37)40-35(3)27-17-25-16-26(19-27)20-28(35)18-25;1-20-18-24(19-21(2)25(20)27-17-11-16-26(3)4)28(22-12-7-5-8-13-22)23-14-9-6-10-15-23;1-4-7-10-13(11-8-5-2)12-9-6-3;1-9(2)8-6-4-3-5-7-8;1-4(2)3/h4-15,25-28H,16-22H2,1-3H3;5-10,12-15,18-19H,11,16-17H2,1-4H3;4-12H2,1-3H3;3-7H,1-2H3;1-3H3/q5*+1. The molecular formula is C83H116NO6S5+5. The highest BCUT2D eigenvalue weighted by molar-refractivity contribution is 7.97. The molecule has 0 N–H and O–H groups in total. The molecule has 0 radical (unpaired) electrons. The predicted molar refractivity (Wildman–Crippen MR) is 414 cm³/mol. The number of hydrogen-bond donors (Lipinski definition) is 0. The number of unbranched alkanes of at least 4 members (excludes halogenated alkanes) is 3. The molecule has 0 unspecified atom stereocenters. The summed E-state index contributed by atoms with van der Waals surface area (Å²) in [5.74, 6) is 7.65. The molecule has 0 saturated heterocycles. The first-order chi connectivity index (χ1) is 45.7. The number of carbonyl (C=O) groups is 2. The van der Waals surface area contributed by atoms with Crippen molar-refractivity contribution in [2.45, 2.75) is 172 Å². The number of esters is 2. The number of ether oxygens (including phenoxy) is 4. The highest BCUT2D eigenvalue weighted by Crippen LogP contribution is 2.59. The van der Waals surface area contributed by atoms with E-state index in [-0.39, 0.29) is 35.0 Å². The smallest absolute Gasteiger partial charge is 0.344 e. The van der Waals surface area contributed by atoms with E-state index >= 15 is 0 Å². The third kappa shape index (κ3) is 25.9. The van der Waals surface area contributed by atoms with Crippen molar-refractivity contribution in [2.75, 3.05) is 89.0 Å². The van der Waals surface area contributed by atoms with E-state index < -0.39 is 17.5 Å².